The van der Waals surface area contributed by atoms with Gasteiger partial charge in [0.15, 0.2) is 6.10 Å². The van der Waals surface area contributed by atoms with Crippen molar-refractivity contribution in [1.82, 2.24) is 0 Å². The van der Waals surface area contributed by atoms with Crippen LogP contribution >= 0.6 is 7.82 Å². The van der Waals surface area contributed by atoms with Gasteiger partial charge >= 0.3 is 19.8 Å². The summed E-state index contributed by atoms with van der Waals surface area (Å²) >= 11 is 0. The molecule has 0 heterocycles. The van der Waals surface area contributed by atoms with E-state index in [1.54, 1.807) is 0 Å². The molecule has 0 bridgehead atoms. The third-order valence-electron chi connectivity index (χ3n) is 7.61. The van der Waals surface area contributed by atoms with Gasteiger partial charge in [-0.05, 0) is 38.5 Å². The monoisotopic (exact) mass is 668 g/mol. The highest BCUT2D eigenvalue weighted by Gasteiger charge is 2.51. The predicted octanol–water partition coefficient (Wildman–Crippen LogP) is 3.60. The first-order chi connectivity index (χ1) is 21.4. The highest BCUT2D eigenvalue weighted by molar-refractivity contribution is 7.47. The molecule has 0 amide bonds. The topological polar surface area (TPSA) is 210 Å². The fourth-order valence-electron chi connectivity index (χ4n) is 4.81. The van der Waals surface area contributed by atoms with Crippen LogP contribution in [0.25, 0.3) is 0 Å². The summed E-state index contributed by atoms with van der Waals surface area (Å²) in [4.78, 5) is 34.9. The second kappa shape index (κ2) is 23.8. The number of unbranched alkanes of at least 4 members (excludes halogenated alkanes) is 11. The maximum absolute atomic E-state index is 12.6. The lowest BCUT2D eigenvalue weighted by atomic mass is 9.85. The quantitative estimate of drug-likeness (QED) is 0.0356. The number of aliphatic hydroxyl groups is 5. The number of esters is 2. The molecule has 6 N–H and O–H groups in total. The molecule has 1 aliphatic rings. The molecule has 0 aromatic carbocycles. The number of carbonyl (C=O) groups excluding carboxylic acids is 2. The highest BCUT2D eigenvalue weighted by Crippen LogP contribution is 2.47. The van der Waals surface area contributed by atoms with E-state index in [0.29, 0.717) is 12.8 Å². The largest absolute Gasteiger partial charge is 0.472 e. The second-order valence-corrected chi connectivity index (χ2v) is 13.1. The molecule has 6 atom stereocenters. The molecule has 0 aromatic rings. The summed E-state index contributed by atoms with van der Waals surface area (Å²) in [6.45, 7) is 3.05. The molecule has 0 radical (unpaired) electrons. The Labute approximate surface area is 267 Å². The summed E-state index contributed by atoms with van der Waals surface area (Å²) in [6.07, 6.45) is 5.30. The van der Waals surface area contributed by atoms with Crippen LogP contribution in [0.5, 0.6) is 0 Å². The Balaban J connectivity index is 2.58. The zero-order valence-corrected chi connectivity index (χ0v) is 27.8. The summed E-state index contributed by atoms with van der Waals surface area (Å²) in [5, 5.41) is 49.6. The van der Waals surface area contributed by atoms with Crippen LogP contribution in [0.15, 0.2) is 12.2 Å². The third-order valence-corrected chi connectivity index (χ3v) is 8.59. The van der Waals surface area contributed by atoms with Crippen molar-refractivity contribution < 1.29 is 63.1 Å². The summed E-state index contributed by atoms with van der Waals surface area (Å²) in [5.74, 6) is -1.13. The van der Waals surface area contributed by atoms with E-state index in [4.69, 9.17) is 18.5 Å². The Morgan fingerprint density at radius 1 is 0.667 bits per heavy atom. The molecule has 45 heavy (non-hydrogen) atoms. The van der Waals surface area contributed by atoms with Crippen LogP contribution in [0.3, 0.4) is 0 Å². The Hall–Kier alpha value is -1.41. The first kappa shape index (κ1) is 41.6. The van der Waals surface area contributed by atoms with E-state index in [-0.39, 0.29) is 12.8 Å². The molecule has 0 aromatic heterocycles. The zero-order chi connectivity index (χ0) is 33.7. The number of rotatable bonds is 25. The van der Waals surface area contributed by atoms with Crippen molar-refractivity contribution >= 4 is 19.8 Å². The highest BCUT2D eigenvalue weighted by atomic mass is 31.2. The number of phosphoric ester groups is 1. The average molecular weight is 669 g/mol. The van der Waals surface area contributed by atoms with E-state index in [0.717, 1.165) is 57.8 Å². The molecule has 264 valence electrons. The maximum Gasteiger partial charge on any atom is 0.472 e. The Kier molecular flexibility index (Phi) is 22.0. The van der Waals surface area contributed by atoms with Gasteiger partial charge in [0, 0.05) is 12.8 Å². The lowest BCUT2D eigenvalue weighted by Gasteiger charge is -2.41. The van der Waals surface area contributed by atoms with Crippen molar-refractivity contribution in [3.63, 3.8) is 0 Å². The minimum Gasteiger partial charge on any atom is -0.462 e. The van der Waals surface area contributed by atoms with Crippen molar-refractivity contribution in [2.24, 2.45) is 0 Å². The molecule has 0 spiro atoms. The van der Waals surface area contributed by atoms with Gasteiger partial charge in [-0.25, -0.2) is 4.57 Å². The normalized spacial score (nSPS) is 25.6. The fourth-order valence-corrected chi connectivity index (χ4v) is 5.78. The minimum atomic E-state index is -5.09. The number of allylic oxidation sites excluding steroid dienone is 2. The van der Waals surface area contributed by atoms with Crippen molar-refractivity contribution in [3.8, 4) is 0 Å². The standard InChI is InChI=1S/C31H57O13P/c1-3-5-7-9-10-11-12-13-14-15-16-18-20-25(33)43-23(21-41-24(32)19-17-8-6-4-2)22-42-45(39,40)44-31-29(37)27(35)26(34)28(36)30(31)38/h10-11,23,26-31,34-38H,3-9,12-22H2,1-2H3,(H,39,40)/b11-10-. The SMILES string of the molecule is CCCCC/C=C\CCCCCCCC(=O)OC(COC(=O)CCCCCC)COP(=O)(O)OC1C(O)C(O)C(O)C(O)C1O. The smallest absolute Gasteiger partial charge is 0.462 e. The van der Waals surface area contributed by atoms with Crippen molar-refractivity contribution in [1.29, 1.82) is 0 Å². The Morgan fingerprint density at radius 2 is 1.13 bits per heavy atom. The van der Waals surface area contributed by atoms with Crippen LogP contribution in [0.1, 0.15) is 117 Å². The summed E-state index contributed by atoms with van der Waals surface area (Å²) in [7, 11) is -5.09. The molecule has 1 rings (SSSR count). The summed E-state index contributed by atoms with van der Waals surface area (Å²) in [5.41, 5.74) is 0. The molecule has 1 saturated carbocycles. The summed E-state index contributed by atoms with van der Waals surface area (Å²) < 4.78 is 32.9. The molecular formula is C31H57O13P. The molecule has 13 nitrogen and oxygen atoms in total. The second-order valence-electron chi connectivity index (χ2n) is 11.7. The van der Waals surface area contributed by atoms with Gasteiger partial charge in [0.25, 0.3) is 0 Å². The Bertz CT molecular complexity index is 870. The Morgan fingerprint density at radius 3 is 1.73 bits per heavy atom. The first-order valence-electron chi connectivity index (χ1n) is 16.5. The zero-order valence-electron chi connectivity index (χ0n) is 26.9. The van der Waals surface area contributed by atoms with Crippen LogP contribution in [0, 0.1) is 0 Å². The minimum absolute atomic E-state index is 0.0879. The number of hydrogen-bond donors (Lipinski definition) is 6. The van der Waals surface area contributed by atoms with E-state index >= 15 is 0 Å². The molecule has 1 aliphatic carbocycles. The van der Waals surface area contributed by atoms with Gasteiger partial charge in [0.1, 0.15) is 43.2 Å². The van der Waals surface area contributed by atoms with Crippen LogP contribution in [0.4, 0.5) is 0 Å². The van der Waals surface area contributed by atoms with E-state index in [9.17, 15) is 44.6 Å². The van der Waals surface area contributed by atoms with Crippen molar-refractivity contribution in [3.05, 3.63) is 12.2 Å². The molecule has 1 fully saturated rings. The van der Waals surface area contributed by atoms with Gasteiger partial charge in [-0.1, -0.05) is 77.4 Å². The van der Waals surface area contributed by atoms with Crippen LogP contribution < -0.4 is 0 Å². The predicted molar refractivity (Wildman–Crippen MR) is 166 cm³/mol. The lowest BCUT2D eigenvalue weighted by Crippen LogP contribution is -2.64. The number of phosphoric acid groups is 1. The van der Waals surface area contributed by atoms with E-state index in [2.05, 4.69) is 19.1 Å². The number of carbonyl (C=O) groups is 2. The number of hydrogen-bond acceptors (Lipinski definition) is 12. The van der Waals surface area contributed by atoms with Crippen molar-refractivity contribution in [2.45, 2.75) is 159 Å². The molecule has 0 saturated heterocycles. The number of ether oxygens (including phenoxy) is 2. The third kappa shape index (κ3) is 17.9. The maximum atomic E-state index is 12.6. The van der Waals surface area contributed by atoms with Crippen LogP contribution in [0.2, 0.25) is 0 Å². The van der Waals surface area contributed by atoms with E-state index in [1.807, 2.05) is 6.92 Å². The van der Waals surface area contributed by atoms with Gasteiger partial charge in [-0.2, -0.15) is 0 Å². The average Bonchev–Trinajstić information content (AvgIpc) is 3.01. The molecule has 6 unspecified atom stereocenters. The van der Waals surface area contributed by atoms with Crippen LogP contribution in [-0.4, -0.2) is 98.3 Å². The molecule has 14 heteroatoms. The first-order valence-corrected chi connectivity index (χ1v) is 18.0. The van der Waals surface area contributed by atoms with Gasteiger partial charge in [0.05, 0.1) is 6.61 Å². The lowest BCUT2D eigenvalue weighted by molar-refractivity contribution is -0.220. The van der Waals surface area contributed by atoms with E-state index in [1.165, 1.54) is 19.3 Å². The molecule has 0 aliphatic heterocycles. The van der Waals surface area contributed by atoms with Gasteiger partial charge in [0.2, 0.25) is 0 Å². The van der Waals surface area contributed by atoms with E-state index < -0.39 is 75.7 Å². The van der Waals surface area contributed by atoms with Gasteiger partial charge in [-0.3, -0.25) is 18.6 Å². The van der Waals surface area contributed by atoms with Crippen molar-refractivity contribution in [2.75, 3.05) is 13.2 Å². The van der Waals surface area contributed by atoms with Gasteiger partial charge in [-0.15, -0.1) is 0 Å². The number of aliphatic hydroxyl groups excluding tert-OH is 5. The summed E-state index contributed by atoms with van der Waals surface area (Å²) in [6, 6.07) is 0. The van der Waals surface area contributed by atoms with Gasteiger partial charge < -0.3 is 39.9 Å². The molecular weight excluding hydrogens is 611 g/mol. The fraction of sp³-hybridized carbons (Fsp3) is 0.871. The van der Waals surface area contributed by atoms with Crippen LogP contribution in [-0.2, 0) is 32.7 Å².